The van der Waals surface area contributed by atoms with Crippen molar-refractivity contribution < 1.29 is 14.6 Å². The fraction of sp³-hybridized carbons (Fsp3) is 0.625. The highest BCUT2D eigenvalue weighted by Gasteiger charge is 2.17. The molecule has 28 heavy (non-hydrogen) atoms. The molecule has 1 unspecified atom stereocenters. The van der Waals surface area contributed by atoms with E-state index in [-0.39, 0.29) is 6.61 Å². The van der Waals surface area contributed by atoms with Gasteiger partial charge in [0.15, 0.2) is 12.7 Å². The SMILES string of the molecule is CC(C)C.CCCC.CCN(CC)CC#CCOC(=O)C(O)c1ccccc1. The second-order valence-corrected chi connectivity index (χ2v) is 6.97. The number of hydrogen-bond acceptors (Lipinski definition) is 4. The molecule has 0 saturated carbocycles. The van der Waals surface area contributed by atoms with Crippen molar-refractivity contribution in [1.82, 2.24) is 4.90 Å². The van der Waals surface area contributed by atoms with Crippen molar-refractivity contribution >= 4 is 5.97 Å². The van der Waals surface area contributed by atoms with Crippen molar-refractivity contribution in [2.45, 2.75) is 67.4 Å². The van der Waals surface area contributed by atoms with E-state index >= 15 is 0 Å². The van der Waals surface area contributed by atoms with Crippen LogP contribution in [-0.2, 0) is 9.53 Å². The van der Waals surface area contributed by atoms with E-state index in [1.165, 1.54) is 12.8 Å². The summed E-state index contributed by atoms with van der Waals surface area (Å²) < 4.78 is 4.93. The maximum absolute atomic E-state index is 11.6. The van der Waals surface area contributed by atoms with Gasteiger partial charge in [-0.15, -0.1) is 0 Å². The second-order valence-electron chi connectivity index (χ2n) is 6.97. The van der Waals surface area contributed by atoms with Crippen LogP contribution in [0, 0.1) is 17.8 Å². The lowest BCUT2D eigenvalue weighted by atomic mass is 10.1. The van der Waals surface area contributed by atoms with E-state index in [0.717, 1.165) is 19.0 Å². The topological polar surface area (TPSA) is 49.8 Å². The van der Waals surface area contributed by atoms with Crippen LogP contribution in [-0.4, -0.2) is 42.2 Å². The zero-order valence-corrected chi connectivity index (χ0v) is 19.0. The minimum Gasteiger partial charge on any atom is -0.450 e. The summed E-state index contributed by atoms with van der Waals surface area (Å²) in [6.45, 7) is 17.5. The highest BCUT2D eigenvalue weighted by atomic mass is 16.5. The van der Waals surface area contributed by atoms with Crippen molar-refractivity contribution in [2.75, 3.05) is 26.2 Å². The van der Waals surface area contributed by atoms with Gasteiger partial charge in [0.1, 0.15) is 0 Å². The van der Waals surface area contributed by atoms with Crippen LogP contribution in [0.15, 0.2) is 30.3 Å². The van der Waals surface area contributed by atoms with Gasteiger partial charge in [-0.3, -0.25) is 4.90 Å². The lowest BCUT2D eigenvalue weighted by molar-refractivity contribution is -0.152. The van der Waals surface area contributed by atoms with Crippen molar-refractivity contribution in [3.63, 3.8) is 0 Å². The van der Waals surface area contributed by atoms with Gasteiger partial charge in [-0.25, -0.2) is 4.79 Å². The molecule has 0 bridgehead atoms. The molecule has 1 atom stereocenters. The van der Waals surface area contributed by atoms with E-state index < -0.39 is 12.1 Å². The summed E-state index contributed by atoms with van der Waals surface area (Å²) in [4.78, 5) is 13.8. The van der Waals surface area contributed by atoms with Gasteiger partial charge >= 0.3 is 5.97 Å². The van der Waals surface area contributed by atoms with E-state index in [0.29, 0.717) is 12.1 Å². The van der Waals surface area contributed by atoms with E-state index in [1.807, 2.05) is 6.07 Å². The largest absolute Gasteiger partial charge is 0.450 e. The third-order valence-electron chi connectivity index (χ3n) is 3.45. The number of carbonyl (C=O) groups excluding carboxylic acids is 1. The average molecular weight is 392 g/mol. The van der Waals surface area contributed by atoms with Crippen LogP contribution in [0.3, 0.4) is 0 Å². The Morgan fingerprint density at radius 3 is 1.93 bits per heavy atom. The van der Waals surface area contributed by atoms with Gasteiger partial charge in [0.05, 0.1) is 6.54 Å². The molecule has 160 valence electrons. The molecule has 0 aliphatic rings. The molecule has 0 saturated heterocycles. The molecule has 4 nitrogen and oxygen atoms in total. The fourth-order valence-electron chi connectivity index (χ4n) is 1.62. The number of benzene rings is 1. The first-order chi connectivity index (χ1) is 13.3. The molecule has 1 rings (SSSR count). The van der Waals surface area contributed by atoms with Crippen LogP contribution in [0.25, 0.3) is 0 Å². The van der Waals surface area contributed by atoms with Crippen LogP contribution in [0.1, 0.15) is 73.0 Å². The Morgan fingerprint density at radius 2 is 1.50 bits per heavy atom. The van der Waals surface area contributed by atoms with E-state index in [4.69, 9.17) is 4.74 Å². The minimum atomic E-state index is -1.25. The zero-order chi connectivity index (χ0) is 21.8. The van der Waals surface area contributed by atoms with E-state index in [1.54, 1.807) is 24.3 Å². The van der Waals surface area contributed by atoms with Gasteiger partial charge in [0.2, 0.25) is 0 Å². The van der Waals surface area contributed by atoms with Gasteiger partial charge in [0, 0.05) is 0 Å². The Morgan fingerprint density at radius 1 is 1.00 bits per heavy atom. The van der Waals surface area contributed by atoms with Crippen molar-refractivity contribution in [2.24, 2.45) is 5.92 Å². The molecule has 0 aliphatic carbocycles. The summed E-state index contributed by atoms with van der Waals surface area (Å²) in [6.07, 6.45) is 1.39. The number of aliphatic hydroxyl groups excluding tert-OH is 1. The number of esters is 1. The predicted molar refractivity (Wildman–Crippen MR) is 119 cm³/mol. The van der Waals surface area contributed by atoms with Crippen LogP contribution in [0.4, 0.5) is 0 Å². The Labute approximate surface area is 173 Å². The third-order valence-corrected chi connectivity index (χ3v) is 3.45. The Hall–Kier alpha value is -1.83. The summed E-state index contributed by atoms with van der Waals surface area (Å²) in [5, 5.41) is 9.78. The van der Waals surface area contributed by atoms with Gasteiger partial charge in [-0.1, -0.05) is 103 Å². The predicted octanol–water partition coefficient (Wildman–Crippen LogP) is 5.08. The number of nitrogens with zero attached hydrogens (tertiary/aromatic N) is 1. The zero-order valence-electron chi connectivity index (χ0n) is 19.0. The number of carbonyl (C=O) groups is 1. The molecule has 0 spiro atoms. The third kappa shape index (κ3) is 17.6. The van der Waals surface area contributed by atoms with Crippen LogP contribution in [0.5, 0.6) is 0 Å². The molecule has 0 aliphatic heterocycles. The molecule has 0 amide bonds. The lowest BCUT2D eigenvalue weighted by Crippen LogP contribution is -2.23. The van der Waals surface area contributed by atoms with Crippen LogP contribution < -0.4 is 0 Å². The fourth-order valence-corrected chi connectivity index (χ4v) is 1.62. The highest BCUT2D eigenvalue weighted by molar-refractivity contribution is 5.76. The molecular weight excluding hydrogens is 350 g/mol. The maximum Gasteiger partial charge on any atom is 0.340 e. The quantitative estimate of drug-likeness (QED) is 0.520. The Bertz CT molecular complexity index is 523. The molecule has 1 aromatic rings. The molecule has 0 radical (unpaired) electrons. The summed E-state index contributed by atoms with van der Waals surface area (Å²) in [7, 11) is 0. The average Bonchev–Trinajstić information content (AvgIpc) is 2.70. The van der Waals surface area contributed by atoms with Gasteiger partial charge in [-0.05, 0) is 24.6 Å². The number of aliphatic hydroxyl groups is 1. The van der Waals surface area contributed by atoms with Gasteiger partial charge in [-0.2, -0.15) is 0 Å². The molecule has 0 heterocycles. The minimum absolute atomic E-state index is 0.00396. The number of ether oxygens (including phenoxy) is 1. The highest BCUT2D eigenvalue weighted by Crippen LogP contribution is 2.13. The first kappa shape index (κ1) is 28.4. The summed E-state index contributed by atoms with van der Waals surface area (Å²) >= 11 is 0. The summed E-state index contributed by atoms with van der Waals surface area (Å²) in [5.41, 5.74) is 0.522. The lowest BCUT2D eigenvalue weighted by Gasteiger charge is -2.13. The molecule has 1 aromatic carbocycles. The number of rotatable bonds is 7. The summed E-state index contributed by atoms with van der Waals surface area (Å²) in [6, 6.07) is 8.70. The smallest absolute Gasteiger partial charge is 0.340 e. The maximum atomic E-state index is 11.6. The second kappa shape index (κ2) is 19.9. The van der Waals surface area contributed by atoms with E-state index in [9.17, 15) is 9.90 Å². The molecular formula is C24H41NO3. The summed E-state index contributed by atoms with van der Waals surface area (Å²) in [5.74, 6) is 5.87. The van der Waals surface area contributed by atoms with Gasteiger partial charge in [0.25, 0.3) is 0 Å². The van der Waals surface area contributed by atoms with Gasteiger partial charge < -0.3 is 9.84 Å². The molecule has 0 fully saturated rings. The van der Waals surface area contributed by atoms with E-state index in [2.05, 4.69) is 65.2 Å². The first-order valence-corrected chi connectivity index (χ1v) is 10.4. The van der Waals surface area contributed by atoms with Crippen molar-refractivity contribution in [3.05, 3.63) is 35.9 Å². The Balaban J connectivity index is 0. The normalized spacial score (nSPS) is 10.6. The molecule has 0 aromatic heterocycles. The first-order valence-electron chi connectivity index (χ1n) is 10.4. The molecule has 4 heteroatoms. The number of hydrogen-bond donors (Lipinski definition) is 1. The van der Waals surface area contributed by atoms with Crippen LogP contribution in [0.2, 0.25) is 0 Å². The van der Waals surface area contributed by atoms with Crippen molar-refractivity contribution in [3.8, 4) is 11.8 Å². The Kier molecular flexibility index (Phi) is 20.2. The standard InChI is InChI=1S/C16H21NO3.2C4H10/c1-3-17(4-2)12-8-9-13-20-16(19)15(18)14-10-6-5-7-11-14;1-4(2)3;1-3-4-2/h5-7,10-11,15,18H,3-4,12-13H2,1-2H3;4H,1-3H3;3-4H2,1-2H3. The monoisotopic (exact) mass is 391 g/mol. The van der Waals surface area contributed by atoms with Crippen LogP contribution >= 0.6 is 0 Å². The van der Waals surface area contributed by atoms with Crippen molar-refractivity contribution in [1.29, 1.82) is 0 Å². The molecule has 1 N–H and O–H groups in total. The number of unbranched alkanes of at least 4 members (excludes halogenated alkanes) is 1.